The zero-order valence-electron chi connectivity index (χ0n) is 26.1. The van der Waals surface area contributed by atoms with E-state index in [0.29, 0.717) is 19.5 Å². The molecule has 0 radical (unpaired) electrons. The Morgan fingerprint density at radius 2 is 1.16 bits per heavy atom. The number of amides is 1. The molecule has 2 heterocycles. The summed E-state index contributed by atoms with van der Waals surface area (Å²) in [5, 5.41) is 12.6. The van der Waals surface area contributed by atoms with Gasteiger partial charge in [0.15, 0.2) is 0 Å². The maximum atomic E-state index is 10.6. The monoisotopic (exact) mass is 669 g/mol. The number of aliphatic carboxylic acids is 1. The SMILES string of the molecule is C.CC(=O)N[C@@H](CC(C)C)C(=O)O.NC[C@H](c1ccc(Cl)cc1)N1CCOCC1.NC[C@H](c1ccc(Cl)cc1)N1CCOCC1. The Balaban J connectivity index is 0.000000339. The number of benzene rings is 2. The Morgan fingerprint density at radius 1 is 0.800 bits per heavy atom. The van der Waals surface area contributed by atoms with Crippen LogP contribution in [0.2, 0.25) is 10.0 Å². The highest BCUT2D eigenvalue weighted by Gasteiger charge is 2.22. The van der Waals surface area contributed by atoms with Crippen molar-refractivity contribution in [2.45, 2.75) is 52.7 Å². The van der Waals surface area contributed by atoms with Gasteiger partial charge in [0.25, 0.3) is 0 Å². The van der Waals surface area contributed by atoms with Crippen LogP contribution in [-0.2, 0) is 19.1 Å². The van der Waals surface area contributed by atoms with Gasteiger partial charge in [0, 0.05) is 68.3 Å². The number of carboxylic acid groups (broad SMARTS) is 1. The van der Waals surface area contributed by atoms with Gasteiger partial charge in [-0.3, -0.25) is 14.6 Å². The second-order valence-electron chi connectivity index (χ2n) is 11.1. The van der Waals surface area contributed by atoms with E-state index in [-0.39, 0.29) is 31.3 Å². The highest BCUT2D eigenvalue weighted by atomic mass is 35.5. The molecule has 4 rings (SSSR count). The standard InChI is InChI=1S/2C12H17ClN2O.C8H15NO3.CH4/c2*13-11-3-1-10(2-4-11)12(9-14)15-5-7-16-8-6-15;1-5(2)4-7(8(11)12)9-6(3)10;/h2*1-4,12H,5-9,14H2;5,7H,4H2,1-3H3,(H,9,10)(H,11,12);1H4/t2*12-;7-;/m110./s1. The number of ether oxygens (including phenoxy) is 2. The van der Waals surface area contributed by atoms with Gasteiger partial charge in [0.05, 0.1) is 26.4 Å². The van der Waals surface area contributed by atoms with Crippen LogP contribution in [0.25, 0.3) is 0 Å². The highest BCUT2D eigenvalue weighted by Crippen LogP contribution is 2.23. The Kier molecular flexibility index (Phi) is 20.2. The molecule has 2 aromatic rings. The predicted molar refractivity (Wildman–Crippen MR) is 183 cm³/mol. The molecule has 6 N–H and O–H groups in total. The molecule has 1 amide bonds. The molecule has 0 spiro atoms. The number of hydrogen-bond donors (Lipinski definition) is 4. The number of carbonyl (C=O) groups excluding carboxylic acids is 1. The number of nitrogens with two attached hydrogens (primary N) is 2. The number of nitrogens with one attached hydrogen (secondary N) is 1. The summed E-state index contributed by atoms with van der Waals surface area (Å²) in [6.07, 6.45) is 0.467. The first-order valence-corrected chi connectivity index (χ1v) is 15.9. The minimum atomic E-state index is -0.973. The van der Waals surface area contributed by atoms with E-state index < -0.39 is 12.0 Å². The van der Waals surface area contributed by atoms with Gasteiger partial charge in [-0.15, -0.1) is 0 Å². The summed E-state index contributed by atoms with van der Waals surface area (Å²) in [6.45, 7) is 13.4. The molecule has 0 aromatic heterocycles. The van der Waals surface area contributed by atoms with E-state index in [9.17, 15) is 9.59 Å². The smallest absolute Gasteiger partial charge is 0.326 e. The normalized spacial score (nSPS) is 17.3. The summed E-state index contributed by atoms with van der Waals surface area (Å²) < 4.78 is 10.7. The third-order valence-corrected chi connectivity index (χ3v) is 7.82. The third-order valence-electron chi connectivity index (χ3n) is 7.31. The molecule has 2 aromatic carbocycles. The molecule has 0 aliphatic carbocycles. The second-order valence-corrected chi connectivity index (χ2v) is 12.0. The summed E-state index contributed by atoms with van der Waals surface area (Å²) >= 11 is 11.8. The summed E-state index contributed by atoms with van der Waals surface area (Å²) in [5.74, 6) is -1.01. The quantitative estimate of drug-likeness (QED) is 0.285. The van der Waals surface area contributed by atoms with Crippen molar-refractivity contribution >= 4 is 35.1 Å². The molecule has 3 atom stereocenters. The number of rotatable bonds is 10. The average molecular weight is 671 g/mol. The lowest BCUT2D eigenvalue weighted by atomic mass is 10.0. The number of nitrogens with zero attached hydrogens (tertiary/aromatic N) is 2. The molecule has 45 heavy (non-hydrogen) atoms. The molecule has 2 aliphatic rings. The van der Waals surface area contributed by atoms with Crippen LogP contribution < -0.4 is 16.8 Å². The number of hydrogen-bond acceptors (Lipinski definition) is 8. The van der Waals surface area contributed by atoms with Crippen LogP contribution in [0.3, 0.4) is 0 Å². The van der Waals surface area contributed by atoms with Crippen molar-refractivity contribution in [3.63, 3.8) is 0 Å². The summed E-state index contributed by atoms with van der Waals surface area (Å²) in [6, 6.07) is 15.7. The molecule has 2 aliphatic heterocycles. The van der Waals surface area contributed by atoms with Crippen molar-refractivity contribution in [2.75, 3.05) is 65.7 Å². The van der Waals surface area contributed by atoms with Gasteiger partial charge in [-0.25, -0.2) is 4.79 Å². The Bertz CT molecular complexity index is 1030. The lowest BCUT2D eigenvalue weighted by Crippen LogP contribution is -2.41. The lowest BCUT2D eigenvalue weighted by Gasteiger charge is -2.34. The van der Waals surface area contributed by atoms with Gasteiger partial charge >= 0.3 is 5.97 Å². The fourth-order valence-corrected chi connectivity index (χ4v) is 5.33. The zero-order valence-corrected chi connectivity index (χ0v) is 27.6. The van der Waals surface area contributed by atoms with Crippen LogP contribution in [0, 0.1) is 5.92 Å². The molecule has 0 unspecified atom stereocenters. The fraction of sp³-hybridized carbons (Fsp3) is 0.576. The van der Waals surface area contributed by atoms with Gasteiger partial charge in [-0.05, 0) is 47.7 Å². The predicted octanol–water partition coefficient (Wildman–Crippen LogP) is 4.60. The van der Waals surface area contributed by atoms with Crippen molar-refractivity contribution in [2.24, 2.45) is 17.4 Å². The molecule has 2 fully saturated rings. The van der Waals surface area contributed by atoms with Crippen LogP contribution in [-0.4, -0.2) is 98.5 Å². The van der Waals surface area contributed by atoms with Crippen molar-refractivity contribution < 1.29 is 24.2 Å². The molecule has 0 saturated carbocycles. The van der Waals surface area contributed by atoms with E-state index in [0.717, 1.165) is 62.7 Å². The number of halogens is 2. The van der Waals surface area contributed by atoms with Crippen LogP contribution in [0.4, 0.5) is 0 Å². The molecular formula is C33H53Cl2N5O5. The molecule has 10 nitrogen and oxygen atoms in total. The van der Waals surface area contributed by atoms with Crippen molar-refractivity contribution in [1.82, 2.24) is 15.1 Å². The van der Waals surface area contributed by atoms with E-state index >= 15 is 0 Å². The van der Waals surface area contributed by atoms with E-state index in [1.807, 2.05) is 38.1 Å². The van der Waals surface area contributed by atoms with Gasteiger partial charge in [-0.1, -0.05) is 68.7 Å². The maximum absolute atomic E-state index is 10.6. The maximum Gasteiger partial charge on any atom is 0.326 e. The lowest BCUT2D eigenvalue weighted by molar-refractivity contribution is -0.142. The van der Waals surface area contributed by atoms with E-state index in [1.165, 1.54) is 18.1 Å². The average Bonchev–Trinajstić information content (AvgIpc) is 3.01. The molecular weight excluding hydrogens is 617 g/mol. The van der Waals surface area contributed by atoms with E-state index in [1.54, 1.807) is 0 Å². The van der Waals surface area contributed by atoms with Gasteiger partial charge < -0.3 is 31.4 Å². The van der Waals surface area contributed by atoms with Crippen LogP contribution in [0.1, 0.15) is 57.8 Å². The first-order valence-electron chi connectivity index (χ1n) is 15.1. The summed E-state index contributed by atoms with van der Waals surface area (Å²) in [4.78, 5) is 25.9. The first kappa shape index (κ1) is 40.7. The van der Waals surface area contributed by atoms with E-state index in [2.05, 4.69) is 39.4 Å². The minimum Gasteiger partial charge on any atom is -0.480 e. The van der Waals surface area contributed by atoms with Gasteiger partial charge in [0.2, 0.25) is 5.91 Å². The molecule has 0 bridgehead atoms. The topological polar surface area (TPSA) is 143 Å². The van der Waals surface area contributed by atoms with Gasteiger partial charge in [-0.2, -0.15) is 0 Å². The Morgan fingerprint density at radius 3 is 1.42 bits per heavy atom. The fourth-order valence-electron chi connectivity index (χ4n) is 5.08. The van der Waals surface area contributed by atoms with Gasteiger partial charge in [0.1, 0.15) is 6.04 Å². The first-order chi connectivity index (χ1) is 21.0. The van der Waals surface area contributed by atoms with Crippen molar-refractivity contribution in [3.05, 3.63) is 69.7 Å². The zero-order chi connectivity index (χ0) is 32.5. The summed E-state index contributed by atoms with van der Waals surface area (Å²) in [5.41, 5.74) is 14.2. The highest BCUT2D eigenvalue weighted by molar-refractivity contribution is 6.30. The summed E-state index contributed by atoms with van der Waals surface area (Å²) in [7, 11) is 0. The minimum absolute atomic E-state index is 0. The third kappa shape index (κ3) is 15.2. The number of carbonyl (C=O) groups is 2. The largest absolute Gasteiger partial charge is 0.480 e. The van der Waals surface area contributed by atoms with Crippen molar-refractivity contribution in [1.29, 1.82) is 0 Å². The second kappa shape index (κ2) is 22.3. The van der Waals surface area contributed by atoms with Crippen molar-refractivity contribution in [3.8, 4) is 0 Å². The van der Waals surface area contributed by atoms with E-state index in [4.69, 9.17) is 49.2 Å². The Labute approximate surface area is 279 Å². The number of carboxylic acids is 1. The number of morpholine rings is 2. The van der Waals surface area contributed by atoms with Crippen LogP contribution in [0.15, 0.2) is 48.5 Å². The van der Waals surface area contributed by atoms with Crippen LogP contribution in [0.5, 0.6) is 0 Å². The van der Waals surface area contributed by atoms with Crippen LogP contribution >= 0.6 is 23.2 Å². The Hall–Kier alpha value is -2.28. The molecule has 254 valence electrons. The molecule has 2 saturated heterocycles. The molecule has 12 heteroatoms.